The number of nitrogens with two attached hydrogens (primary N) is 1. The molecule has 1 aromatic rings. The average molecular weight is 274 g/mol. The lowest BCUT2D eigenvalue weighted by Crippen LogP contribution is -2.26. The van der Waals surface area contributed by atoms with Crippen LogP contribution in [0.4, 0.5) is 11.6 Å². The van der Waals surface area contributed by atoms with Crippen molar-refractivity contribution < 1.29 is 0 Å². The van der Waals surface area contributed by atoms with E-state index in [0.29, 0.717) is 23.7 Å². The Morgan fingerprint density at radius 2 is 1.95 bits per heavy atom. The predicted octanol–water partition coefficient (Wildman–Crippen LogP) is 3.48. The number of rotatable bonds is 4. The van der Waals surface area contributed by atoms with Crippen LogP contribution in [-0.4, -0.2) is 16.0 Å². The first-order valence-corrected chi connectivity index (χ1v) is 8.00. The number of nitrogen functional groups attached to an aromatic ring is 1. The average Bonchev–Trinajstić information content (AvgIpc) is 3.21. The lowest BCUT2D eigenvalue weighted by atomic mass is 9.93. The molecule has 3 unspecified atom stereocenters. The van der Waals surface area contributed by atoms with Gasteiger partial charge in [0.2, 0.25) is 0 Å². The molecule has 3 N–H and O–H groups in total. The van der Waals surface area contributed by atoms with E-state index in [1.807, 2.05) is 6.92 Å². The molecule has 0 aliphatic heterocycles. The Balaban J connectivity index is 1.80. The second kappa shape index (κ2) is 5.23. The molecule has 2 aliphatic carbocycles. The van der Waals surface area contributed by atoms with E-state index in [2.05, 4.69) is 24.1 Å². The molecule has 3 atom stereocenters. The summed E-state index contributed by atoms with van der Waals surface area (Å²) in [5.41, 5.74) is 7.06. The monoisotopic (exact) mass is 274 g/mol. The molecule has 2 saturated carbocycles. The molecule has 4 heteroatoms. The third-order valence-corrected chi connectivity index (χ3v) is 5.22. The largest absolute Gasteiger partial charge is 0.383 e. The molecule has 0 radical (unpaired) electrons. The molecule has 2 aliphatic rings. The minimum absolute atomic E-state index is 0.528. The molecule has 1 aromatic heterocycles. The summed E-state index contributed by atoms with van der Waals surface area (Å²) < 4.78 is 0. The van der Waals surface area contributed by atoms with E-state index in [0.717, 1.165) is 23.1 Å². The Hall–Kier alpha value is -1.32. The van der Waals surface area contributed by atoms with Crippen molar-refractivity contribution in [3.05, 3.63) is 11.4 Å². The fraction of sp³-hybridized carbons (Fsp3) is 0.750. The second-order valence-electron chi connectivity index (χ2n) is 6.57. The molecule has 20 heavy (non-hydrogen) atoms. The number of hydrogen-bond donors (Lipinski definition) is 2. The molecule has 2 fully saturated rings. The van der Waals surface area contributed by atoms with Crippen molar-refractivity contribution >= 4 is 11.6 Å². The van der Waals surface area contributed by atoms with Gasteiger partial charge < -0.3 is 11.1 Å². The van der Waals surface area contributed by atoms with E-state index in [1.165, 1.54) is 32.1 Å². The van der Waals surface area contributed by atoms with E-state index in [4.69, 9.17) is 10.7 Å². The molecule has 1 heterocycles. The van der Waals surface area contributed by atoms with E-state index in [1.54, 1.807) is 0 Å². The molecular formula is C16H26N4. The zero-order chi connectivity index (χ0) is 14.3. The van der Waals surface area contributed by atoms with Gasteiger partial charge in [-0.15, -0.1) is 0 Å². The highest BCUT2D eigenvalue weighted by Crippen LogP contribution is 2.40. The SMILES string of the molecule is CCC1CCC(Nc2nc(C3CC3)nc(N)c2C)C1C. The van der Waals surface area contributed by atoms with E-state index >= 15 is 0 Å². The smallest absolute Gasteiger partial charge is 0.136 e. The lowest BCUT2D eigenvalue weighted by molar-refractivity contribution is 0.391. The summed E-state index contributed by atoms with van der Waals surface area (Å²) in [5.74, 6) is 4.64. The Morgan fingerprint density at radius 1 is 1.20 bits per heavy atom. The van der Waals surface area contributed by atoms with Crippen LogP contribution in [0.25, 0.3) is 0 Å². The summed E-state index contributed by atoms with van der Waals surface area (Å²) in [6.07, 6.45) is 6.25. The van der Waals surface area contributed by atoms with Gasteiger partial charge in [-0.2, -0.15) is 0 Å². The third-order valence-electron chi connectivity index (χ3n) is 5.22. The normalized spacial score (nSPS) is 29.6. The first-order chi connectivity index (χ1) is 9.60. The van der Waals surface area contributed by atoms with Crippen molar-refractivity contribution in [1.29, 1.82) is 0 Å². The van der Waals surface area contributed by atoms with Crippen molar-refractivity contribution in [3.63, 3.8) is 0 Å². The highest BCUT2D eigenvalue weighted by Gasteiger charge is 2.33. The third kappa shape index (κ3) is 2.48. The van der Waals surface area contributed by atoms with E-state index in [9.17, 15) is 0 Å². The van der Waals surface area contributed by atoms with Crippen molar-refractivity contribution in [1.82, 2.24) is 9.97 Å². The molecule has 110 valence electrons. The molecule has 0 saturated heterocycles. The second-order valence-corrected chi connectivity index (χ2v) is 6.57. The highest BCUT2D eigenvalue weighted by molar-refractivity contribution is 5.55. The van der Waals surface area contributed by atoms with Crippen LogP contribution in [-0.2, 0) is 0 Å². The van der Waals surface area contributed by atoms with Gasteiger partial charge in [-0.3, -0.25) is 0 Å². The van der Waals surface area contributed by atoms with E-state index in [-0.39, 0.29) is 0 Å². The maximum Gasteiger partial charge on any atom is 0.136 e. The zero-order valence-electron chi connectivity index (χ0n) is 12.8. The maximum absolute atomic E-state index is 6.06. The summed E-state index contributed by atoms with van der Waals surface area (Å²) in [6, 6.07) is 0.528. The summed E-state index contributed by atoms with van der Waals surface area (Å²) in [4.78, 5) is 9.19. The molecular weight excluding hydrogens is 248 g/mol. The quantitative estimate of drug-likeness (QED) is 0.882. The van der Waals surface area contributed by atoms with Crippen molar-refractivity contribution in [2.75, 3.05) is 11.1 Å². The number of aromatic nitrogens is 2. The summed E-state index contributed by atoms with van der Waals surface area (Å²) >= 11 is 0. The van der Waals surface area contributed by atoms with Gasteiger partial charge in [-0.1, -0.05) is 20.3 Å². The fourth-order valence-corrected chi connectivity index (χ4v) is 3.42. The molecule has 4 nitrogen and oxygen atoms in total. The van der Waals surface area contributed by atoms with Gasteiger partial charge in [0.1, 0.15) is 17.5 Å². The maximum atomic E-state index is 6.06. The summed E-state index contributed by atoms with van der Waals surface area (Å²) in [7, 11) is 0. The van der Waals surface area contributed by atoms with Crippen molar-refractivity contribution in [2.45, 2.75) is 64.8 Å². The Morgan fingerprint density at radius 3 is 2.55 bits per heavy atom. The minimum atomic E-state index is 0.528. The molecule has 0 aromatic carbocycles. The van der Waals surface area contributed by atoms with Gasteiger partial charge in [0.25, 0.3) is 0 Å². The predicted molar refractivity (Wildman–Crippen MR) is 82.7 cm³/mol. The molecule has 0 amide bonds. The van der Waals surface area contributed by atoms with Gasteiger partial charge in [-0.05, 0) is 44.4 Å². The van der Waals surface area contributed by atoms with Crippen LogP contribution in [0.15, 0.2) is 0 Å². The van der Waals surface area contributed by atoms with Crippen LogP contribution in [0.2, 0.25) is 0 Å². The zero-order valence-corrected chi connectivity index (χ0v) is 12.8. The Kier molecular flexibility index (Phi) is 3.57. The van der Waals surface area contributed by atoms with Crippen molar-refractivity contribution in [3.8, 4) is 0 Å². The van der Waals surface area contributed by atoms with Crippen molar-refractivity contribution in [2.24, 2.45) is 11.8 Å². The van der Waals surface area contributed by atoms with Gasteiger partial charge in [0, 0.05) is 17.5 Å². The van der Waals surface area contributed by atoms with Gasteiger partial charge in [0.05, 0.1) is 0 Å². The Labute approximate surface area is 121 Å². The van der Waals surface area contributed by atoms with Crippen LogP contribution in [0.5, 0.6) is 0 Å². The number of anilines is 2. The van der Waals surface area contributed by atoms with Crippen LogP contribution in [0, 0.1) is 18.8 Å². The van der Waals surface area contributed by atoms with Crippen LogP contribution < -0.4 is 11.1 Å². The number of nitrogens with one attached hydrogen (secondary N) is 1. The fourth-order valence-electron chi connectivity index (χ4n) is 3.42. The number of hydrogen-bond acceptors (Lipinski definition) is 4. The van der Waals surface area contributed by atoms with Crippen LogP contribution in [0.3, 0.4) is 0 Å². The molecule has 3 rings (SSSR count). The van der Waals surface area contributed by atoms with Crippen LogP contribution in [0.1, 0.15) is 63.3 Å². The van der Waals surface area contributed by atoms with E-state index < -0.39 is 0 Å². The first-order valence-electron chi connectivity index (χ1n) is 8.00. The van der Waals surface area contributed by atoms with Crippen LogP contribution >= 0.6 is 0 Å². The van der Waals surface area contributed by atoms with Gasteiger partial charge in [-0.25, -0.2) is 9.97 Å². The summed E-state index contributed by atoms with van der Waals surface area (Å²) in [6.45, 7) is 6.68. The minimum Gasteiger partial charge on any atom is -0.383 e. The summed E-state index contributed by atoms with van der Waals surface area (Å²) in [5, 5.41) is 3.66. The molecule has 0 bridgehead atoms. The number of nitrogens with zero attached hydrogens (tertiary/aromatic N) is 2. The highest BCUT2D eigenvalue weighted by atomic mass is 15.1. The topological polar surface area (TPSA) is 63.8 Å². The lowest BCUT2D eigenvalue weighted by Gasteiger charge is -2.23. The Bertz CT molecular complexity index is 495. The van der Waals surface area contributed by atoms with Gasteiger partial charge >= 0.3 is 0 Å². The standard InChI is InChI=1S/C16H26N4/c1-4-11-7-8-13(9(11)2)18-15-10(3)14(17)19-16(20-15)12-5-6-12/h9,11-13H,4-8H2,1-3H3,(H3,17,18,19,20). The molecule has 0 spiro atoms. The van der Waals surface area contributed by atoms with Gasteiger partial charge in [0.15, 0.2) is 0 Å². The first kappa shape index (κ1) is 13.7.